The first kappa shape index (κ1) is 15.0. The third-order valence-corrected chi connectivity index (χ3v) is 2.36. The summed E-state index contributed by atoms with van der Waals surface area (Å²) in [5.74, 6) is -0.890. The molecule has 19 heavy (non-hydrogen) atoms. The summed E-state index contributed by atoms with van der Waals surface area (Å²) in [4.78, 5) is 22.9. The topological polar surface area (TPSA) is 52.6 Å². The molecule has 0 unspecified atom stereocenters. The highest BCUT2D eigenvalue weighted by Gasteiger charge is 2.13. The van der Waals surface area contributed by atoms with E-state index in [1.807, 2.05) is 0 Å². The minimum Gasteiger partial charge on any atom is -0.458 e. The Kier molecular flexibility index (Phi) is 5.33. The normalized spacial score (nSPS) is 9.58. The van der Waals surface area contributed by atoms with Crippen LogP contribution in [0.5, 0.6) is 5.75 Å². The maximum absolute atomic E-state index is 11.6. The van der Waals surface area contributed by atoms with Gasteiger partial charge in [-0.25, -0.2) is 9.59 Å². The number of rotatable bonds is 5. The van der Waals surface area contributed by atoms with Crippen LogP contribution >= 0.6 is 11.6 Å². The maximum Gasteiger partial charge on any atom is 0.339 e. The lowest BCUT2D eigenvalue weighted by Crippen LogP contribution is -2.09. The van der Waals surface area contributed by atoms with Crippen molar-refractivity contribution in [2.45, 2.75) is 6.92 Å². The third kappa shape index (κ3) is 4.26. The van der Waals surface area contributed by atoms with E-state index in [2.05, 4.69) is 13.2 Å². The SMILES string of the molecule is C=CCOC(=O)c1ccc(OC(=O)C(=C)C)cc1Cl. The standard InChI is InChI=1S/C14H13ClO4/c1-4-7-18-14(17)11-6-5-10(8-12(11)15)19-13(16)9(2)3/h4-6,8H,1-2,7H2,3H3. The van der Waals surface area contributed by atoms with E-state index in [0.717, 1.165) is 0 Å². The van der Waals surface area contributed by atoms with Gasteiger partial charge < -0.3 is 9.47 Å². The second-order valence-electron chi connectivity index (χ2n) is 3.70. The Morgan fingerprint density at radius 2 is 2.11 bits per heavy atom. The number of hydrogen-bond donors (Lipinski definition) is 0. The van der Waals surface area contributed by atoms with Crippen molar-refractivity contribution in [1.29, 1.82) is 0 Å². The highest BCUT2D eigenvalue weighted by atomic mass is 35.5. The Balaban J connectivity index is 2.85. The van der Waals surface area contributed by atoms with Gasteiger partial charge in [-0.3, -0.25) is 0 Å². The minimum atomic E-state index is -0.567. The number of esters is 2. The summed E-state index contributed by atoms with van der Waals surface area (Å²) in [6.45, 7) is 8.53. The van der Waals surface area contributed by atoms with Gasteiger partial charge in [-0.15, -0.1) is 0 Å². The van der Waals surface area contributed by atoms with E-state index in [-0.39, 0.29) is 28.5 Å². The fraction of sp³-hybridized carbons (Fsp3) is 0.143. The number of carbonyl (C=O) groups is 2. The summed E-state index contributed by atoms with van der Waals surface area (Å²) < 4.78 is 9.84. The van der Waals surface area contributed by atoms with Gasteiger partial charge in [-0.1, -0.05) is 30.8 Å². The highest BCUT2D eigenvalue weighted by molar-refractivity contribution is 6.33. The fourth-order valence-electron chi connectivity index (χ4n) is 1.13. The number of carbonyl (C=O) groups excluding carboxylic acids is 2. The largest absolute Gasteiger partial charge is 0.458 e. The van der Waals surface area contributed by atoms with Crippen LogP contribution in [0.3, 0.4) is 0 Å². The molecule has 1 aromatic carbocycles. The van der Waals surface area contributed by atoms with E-state index >= 15 is 0 Å². The molecule has 0 spiro atoms. The predicted octanol–water partition coefficient (Wildman–Crippen LogP) is 3.16. The average molecular weight is 281 g/mol. The summed E-state index contributed by atoms with van der Waals surface area (Å²) in [5.41, 5.74) is 0.462. The summed E-state index contributed by atoms with van der Waals surface area (Å²) >= 11 is 5.93. The van der Waals surface area contributed by atoms with Crippen LogP contribution < -0.4 is 4.74 Å². The first-order valence-electron chi connectivity index (χ1n) is 5.41. The first-order valence-corrected chi connectivity index (χ1v) is 5.78. The first-order chi connectivity index (χ1) is 8.95. The molecule has 0 aliphatic rings. The number of ether oxygens (including phenoxy) is 2. The van der Waals surface area contributed by atoms with Crippen molar-refractivity contribution in [3.63, 3.8) is 0 Å². The van der Waals surface area contributed by atoms with Crippen molar-refractivity contribution in [1.82, 2.24) is 0 Å². The lowest BCUT2D eigenvalue weighted by Gasteiger charge is -2.07. The van der Waals surface area contributed by atoms with Crippen LogP contribution in [0.4, 0.5) is 0 Å². The number of halogens is 1. The molecule has 1 rings (SSSR count). The predicted molar refractivity (Wildman–Crippen MR) is 72.4 cm³/mol. The van der Waals surface area contributed by atoms with E-state index in [9.17, 15) is 9.59 Å². The number of hydrogen-bond acceptors (Lipinski definition) is 4. The summed E-state index contributed by atoms with van der Waals surface area (Å²) in [6, 6.07) is 4.25. The Morgan fingerprint density at radius 3 is 2.63 bits per heavy atom. The van der Waals surface area contributed by atoms with Gasteiger partial charge in [0.15, 0.2) is 0 Å². The van der Waals surface area contributed by atoms with Crippen molar-refractivity contribution >= 4 is 23.5 Å². The third-order valence-electron chi connectivity index (χ3n) is 2.05. The maximum atomic E-state index is 11.6. The molecular formula is C14H13ClO4. The van der Waals surface area contributed by atoms with E-state index in [1.54, 1.807) is 0 Å². The van der Waals surface area contributed by atoms with Gasteiger partial charge in [0.05, 0.1) is 10.6 Å². The molecule has 1 aromatic rings. The van der Waals surface area contributed by atoms with E-state index < -0.39 is 11.9 Å². The fourth-order valence-corrected chi connectivity index (χ4v) is 1.38. The zero-order chi connectivity index (χ0) is 14.4. The quantitative estimate of drug-likeness (QED) is 0.360. The molecular weight excluding hydrogens is 268 g/mol. The van der Waals surface area contributed by atoms with Crippen LogP contribution in [0.25, 0.3) is 0 Å². The lowest BCUT2D eigenvalue weighted by atomic mass is 10.2. The van der Waals surface area contributed by atoms with Gasteiger partial charge >= 0.3 is 11.9 Å². The van der Waals surface area contributed by atoms with Crippen molar-refractivity contribution in [2.75, 3.05) is 6.61 Å². The van der Waals surface area contributed by atoms with E-state index in [4.69, 9.17) is 21.1 Å². The molecule has 100 valence electrons. The smallest absolute Gasteiger partial charge is 0.339 e. The van der Waals surface area contributed by atoms with Gasteiger partial charge in [0.25, 0.3) is 0 Å². The van der Waals surface area contributed by atoms with Crippen LogP contribution in [0.1, 0.15) is 17.3 Å². The highest BCUT2D eigenvalue weighted by Crippen LogP contribution is 2.23. The summed E-state index contributed by atoms with van der Waals surface area (Å²) in [5, 5.41) is 0.140. The van der Waals surface area contributed by atoms with Gasteiger partial charge in [0.1, 0.15) is 12.4 Å². The van der Waals surface area contributed by atoms with E-state index in [1.165, 1.54) is 31.2 Å². The van der Waals surface area contributed by atoms with Gasteiger partial charge in [-0.05, 0) is 19.1 Å². The van der Waals surface area contributed by atoms with Crippen LogP contribution in [-0.2, 0) is 9.53 Å². The minimum absolute atomic E-state index is 0.0988. The Labute approximate surface area is 116 Å². The van der Waals surface area contributed by atoms with Crippen molar-refractivity contribution < 1.29 is 19.1 Å². The molecule has 0 heterocycles. The molecule has 0 aliphatic heterocycles. The zero-order valence-corrected chi connectivity index (χ0v) is 11.2. The molecule has 0 aromatic heterocycles. The van der Waals surface area contributed by atoms with Gasteiger partial charge in [0, 0.05) is 11.6 Å². The second kappa shape index (κ2) is 6.75. The zero-order valence-electron chi connectivity index (χ0n) is 10.4. The molecule has 0 fully saturated rings. The van der Waals surface area contributed by atoms with Crippen LogP contribution in [0.15, 0.2) is 43.0 Å². The van der Waals surface area contributed by atoms with Crippen molar-refractivity contribution in [3.05, 3.63) is 53.6 Å². The molecule has 0 saturated heterocycles. The molecule has 0 N–H and O–H groups in total. The lowest BCUT2D eigenvalue weighted by molar-refractivity contribution is -0.130. The molecule has 0 radical (unpaired) electrons. The van der Waals surface area contributed by atoms with E-state index in [0.29, 0.717) is 0 Å². The molecule has 0 amide bonds. The molecule has 0 atom stereocenters. The summed E-state index contributed by atoms with van der Waals surface area (Å²) in [6.07, 6.45) is 1.45. The van der Waals surface area contributed by atoms with Crippen LogP contribution in [0.2, 0.25) is 5.02 Å². The van der Waals surface area contributed by atoms with Crippen molar-refractivity contribution in [2.24, 2.45) is 0 Å². The van der Waals surface area contributed by atoms with Gasteiger partial charge in [0.2, 0.25) is 0 Å². The van der Waals surface area contributed by atoms with Crippen LogP contribution in [-0.4, -0.2) is 18.5 Å². The van der Waals surface area contributed by atoms with Crippen LogP contribution in [0, 0.1) is 0 Å². The Hall–Kier alpha value is -2.07. The summed E-state index contributed by atoms with van der Waals surface area (Å²) in [7, 11) is 0. The number of benzene rings is 1. The average Bonchev–Trinajstić information content (AvgIpc) is 2.35. The molecule has 4 nitrogen and oxygen atoms in total. The molecule has 5 heteroatoms. The second-order valence-corrected chi connectivity index (χ2v) is 4.11. The monoisotopic (exact) mass is 280 g/mol. The van der Waals surface area contributed by atoms with Crippen molar-refractivity contribution in [3.8, 4) is 5.75 Å². The molecule has 0 saturated carbocycles. The molecule has 0 aliphatic carbocycles. The Morgan fingerprint density at radius 1 is 1.42 bits per heavy atom. The Bertz CT molecular complexity index is 534. The molecule has 0 bridgehead atoms. The van der Waals surface area contributed by atoms with Gasteiger partial charge in [-0.2, -0.15) is 0 Å².